The van der Waals surface area contributed by atoms with E-state index in [9.17, 15) is 9.18 Å². The second kappa shape index (κ2) is 10.8. The summed E-state index contributed by atoms with van der Waals surface area (Å²) in [5.74, 6) is 1.67. The summed E-state index contributed by atoms with van der Waals surface area (Å²) >= 11 is 7.78. The lowest BCUT2D eigenvalue weighted by Gasteiger charge is -2.32. The molecule has 6 heteroatoms. The van der Waals surface area contributed by atoms with Gasteiger partial charge in [-0.15, -0.1) is 0 Å². The molecule has 3 rings (SSSR count). The molecule has 1 aliphatic rings. The smallest absolute Gasteiger partial charge is 0.224 e. The fourth-order valence-electron chi connectivity index (χ4n) is 3.49. The average molecular weight is 421 g/mol. The van der Waals surface area contributed by atoms with Gasteiger partial charge in [0.15, 0.2) is 0 Å². The Morgan fingerprint density at radius 3 is 2.93 bits per heavy atom. The Hall–Kier alpha value is -1.56. The summed E-state index contributed by atoms with van der Waals surface area (Å²) in [5.41, 5.74) is 1.89. The predicted molar refractivity (Wildman–Crippen MR) is 115 cm³/mol. The normalized spacial score (nSPS) is 17.4. The second-order valence-electron chi connectivity index (χ2n) is 7.14. The molecule has 2 aromatic rings. The number of amides is 1. The number of benzene rings is 2. The summed E-state index contributed by atoms with van der Waals surface area (Å²) in [7, 11) is 0. The lowest BCUT2D eigenvalue weighted by Crippen LogP contribution is -2.43. The van der Waals surface area contributed by atoms with E-state index in [1.165, 1.54) is 11.6 Å². The van der Waals surface area contributed by atoms with Crippen LogP contribution in [0.5, 0.6) is 0 Å². The van der Waals surface area contributed by atoms with Crippen molar-refractivity contribution in [2.45, 2.75) is 25.1 Å². The van der Waals surface area contributed by atoms with Crippen LogP contribution in [0, 0.1) is 11.7 Å². The molecule has 1 saturated heterocycles. The van der Waals surface area contributed by atoms with Gasteiger partial charge in [-0.05, 0) is 43.1 Å². The molecule has 0 saturated carbocycles. The lowest BCUT2D eigenvalue weighted by molar-refractivity contribution is -0.126. The maximum absolute atomic E-state index is 13.9. The summed E-state index contributed by atoms with van der Waals surface area (Å²) in [6, 6.07) is 14.7. The first-order valence-corrected chi connectivity index (χ1v) is 11.2. The van der Waals surface area contributed by atoms with Gasteiger partial charge in [-0.25, -0.2) is 4.39 Å². The van der Waals surface area contributed by atoms with Gasteiger partial charge in [-0.2, -0.15) is 11.8 Å². The molecular formula is C22H26ClFN2OS. The number of hydrogen-bond acceptors (Lipinski definition) is 3. The van der Waals surface area contributed by atoms with E-state index in [4.69, 9.17) is 11.6 Å². The van der Waals surface area contributed by atoms with E-state index in [0.717, 1.165) is 35.9 Å². The molecule has 1 amide bonds. The zero-order valence-corrected chi connectivity index (χ0v) is 17.4. The van der Waals surface area contributed by atoms with E-state index in [2.05, 4.69) is 16.3 Å². The van der Waals surface area contributed by atoms with Gasteiger partial charge in [0.05, 0.1) is 5.92 Å². The summed E-state index contributed by atoms with van der Waals surface area (Å²) in [6.45, 7) is 2.82. The number of rotatable bonds is 8. The molecule has 0 aromatic heterocycles. The van der Waals surface area contributed by atoms with Crippen molar-refractivity contribution >= 4 is 29.3 Å². The number of nitrogens with zero attached hydrogens (tertiary/aromatic N) is 1. The molecule has 1 unspecified atom stereocenters. The Balaban J connectivity index is 1.37. The zero-order chi connectivity index (χ0) is 19.8. The van der Waals surface area contributed by atoms with Gasteiger partial charge in [-0.3, -0.25) is 9.69 Å². The highest BCUT2D eigenvalue weighted by atomic mass is 35.5. The number of nitrogens with one attached hydrogen (secondary N) is 1. The maximum Gasteiger partial charge on any atom is 0.224 e. The third-order valence-electron chi connectivity index (χ3n) is 4.93. The Bertz CT molecular complexity index is 789. The van der Waals surface area contributed by atoms with E-state index in [-0.39, 0.29) is 17.6 Å². The van der Waals surface area contributed by atoms with E-state index in [1.807, 2.05) is 30.3 Å². The van der Waals surface area contributed by atoms with Gasteiger partial charge in [0.1, 0.15) is 5.82 Å². The molecular weight excluding hydrogens is 395 g/mol. The standard InChI is InChI=1S/C22H26ClFN2OS/c23-20-8-3-5-17(13-20)16-28-12-10-25-22(27)19-7-4-11-26(15-19)14-18-6-1-2-9-21(18)24/h1-3,5-6,8-9,13,19H,4,7,10-12,14-16H2,(H,25,27). The molecule has 150 valence electrons. The summed E-state index contributed by atoms with van der Waals surface area (Å²) < 4.78 is 13.9. The molecule has 0 aliphatic carbocycles. The molecule has 1 aliphatic heterocycles. The number of halogens is 2. The first-order valence-electron chi connectivity index (χ1n) is 9.67. The van der Waals surface area contributed by atoms with Crippen LogP contribution in [0.2, 0.25) is 5.02 Å². The number of carbonyl (C=O) groups is 1. The zero-order valence-electron chi connectivity index (χ0n) is 15.9. The molecule has 1 N–H and O–H groups in total. The van der Waals surface area contributed by atoms with Gasteiger partial charge in [0.25, 0.3) is 0 Å². The second-order valence-corrected chi connectivity index (χ2v) is 8.68. The van der Waals surface area contributed by atoms with Crippen molar-refractivity contribution in [1.29, 1.82) is 0 Å². The Kier molecular flexibility index (Phi) is 8.19. The Morgan fingerprint density at radius 1 is 1.25 bits per heavy atom. The molecule has 2 aromatic carbocycles. The van der Waals surface area contributed by atoms with Gasteiger partial charge in [-0.1, -0.05) is 41.9 Å². The summed E-state index contributed by atoms with van der Waals surface area (Å²) in [4.78, 5) is 14.7. The molecule has 0 bridgehead atoms. The number of carbonyl (C=O) groups excluding carboxylic acids is 1. The molecule has 1 heterocycles. The number of piperidine rings is 1. The largest absolute Gasteiger partial charge is 0.355 e. The summed E-state index contributed by atoms with van der Waals surface area (Å²) in [6.07, 6.45) is 1.87. The van der Waals surface area contributed by atoms with E-state index in [1.54, 1.807) is 17.8 Å². The predicted octanol–water partition coefficient (Wildman–Crippen LogP) is 4.74. The first-order chi connectivity index (χ1) is 13.6. The third-order valence-corrected chi connectivity index (χ3v) is 6.20. The minimum Gasteiger partial charge on any atom is -0.355 e. The average Bonchev–Trinajstić information content (AvgIpc) is 2.70. The van der Waals surface area contributed by atoms with Gasteiger partial charge >= 0.3 is 0 Å². The third kappa shape index (κ3) is 6.50. The number of thioether (sulfide) groups is 1. The van der Waals surface area contributed by atoms with Gasteiger partial charge in [0, 0.05) is 41.7 Å². The molecule has 0 spiro atoms. The van der Waals surface area contributed by atoms with Gasteiger partial charge in [0.2, 0.25) is 5.91 Å². The fraction of sp³-hybridized carbons (Fsp3) is 0.409. The summed E-state index contributed by atoms with van der Waals surface area (Å²) in [5, 5.41) is 3.81. The Morgan fingerprint density at radius 2 is 2.11 bits per heavy atom. The van der Waals surface area contributed by atoms with Crippen molar-refractivity contribution in [2.24, 2.45) is 5.92 Å². The van der Waals surface area contributed by atoms with E-state index >= 15 is 0 Å². The highest BCUT2D eigenvalue weighted by molar-refractivity contribution is 7.98. The molecule has 1 fully saturated rings. The van der Waals surface area contributed by atoms with Crippen molar-refractivity contribution in [2.75, 3.05) is 25.4 Å². The van der Waals surface area contributed by atoms with Crippen LogP contribution in [0.1, 0.15) is 24.0 Å². The molecule has 3 nitrogen and oxygen atoms in total. The van der Waals surface area contributed by atoms with Crippen LogP contribution >= 0.6 is 23.4 Å². The van der Waals surface area contributed by atoms with Crippen LogP contribution in [0.15, 0.2) is 48.5 Å². The van der Waals surface area contributed by atoms with Crippen LogP contribution in [-0.4, -0.2) is 36.2 Å². The van der Waals surface area contributed by atoms with Crippen LogP contribution in [0.3, 0.4) is 0 Å². The lowest BCUT2D eigenvalue weighted by atomic mass is 9.96. The minimum atomic E-state index is -0.175. The molecule has 0 radical (unpaired) electrons. The van der Waals surface area contributed by atoms with Crippen LogP contribution in [0.4, 0.5) is 4.39 Å². The van der Waals surface area contributed by atoms with Crippen molar-refractivity contribution in [3.63, 3.8) is 0 Å². The first kappa shape index (κ1) is 21.2. The Labute approximate surface area is 175 Å². The van der Waals surface area contributed by atoms with E-state index < -0.39 is 0 Å². The van der Waals surface area contributed by atoms with Crippen molar-refractivity contribution in [1.82, 2.24) is 10.2 Å². The van der Waals surface area contributed by atoms with Crippen LogP contribution in [-0.2, 0) is 17.1 Å². The van der Waals surface area contributed by atoms with Crippen LogP contribution < -0.4 is 5.32 Å². The van der Waals surface area contributed by atoms with Crippen molar-refractivity contribution in [3.8, 4) is 0 Å². The minimum absolute atomic E-state index is 0.0153. The van der Waals surface area contributed by atoms with Gasteiger partial charge < -0.3 is 5.32 Å². The topological polar surface area (TPSA) is 32.3 Å². The number of likely N-dealkylation sites (tertiary alicyclic amines) is 1. The molecule has 28 heavy (non-hydrogen) atoms. The highest BCUT2D eigenvalue weighted by Gasteiger charge is 2.25. The van der Waals surface area contributed by atoms with Crippen LogP contribution in [0.25, 0.3) is 0 Å². The van der Waals surface area contributed by atoms with Crippen molar-refractivity contribution in [3.05, 3.63) is 70.5 Å². The maximum atomic E-state index is 13.9. The quantitative estimate of drug-likeness (QED) is 0.626. The fourth-order valence-corrected chi connectivity index (χ4v) is 4.51. The van der Waals surface area contributed by atoms with Crippen molar-refractivity contribution < 1.29 is 9.18 Å². The van der Waals surface area contributed by atoms with E-state index in [0.29, 0.717) is 25.2 Å². The highest BCUT2D eigenvalue weighted by Crippen LogP contribution is 2.20. The SMILES string of the molecule is O=C(NCCSCc1cccc(Cl)c1)C1CCCN(Cc2ccccc2F)C1. The monoisotopic (exact) mass is 420 g/mol. The molecule has 1 atom stereocenters. The number of hydrogen-bond donors (Lipinski definition) is 1.